The van der Waals surface area contributed by atoms with E-state index in [1.54, 1.807) is 12.1 Å². The van der Waals surface area contributed by atoms with Crippen LogP contribution in [-0.2, 0) is 11.2 Å². The molecule has 2 heteroatoms. The highest BCUT2D eigenvalue weighted by Crippen LogP contribution is 2.08. The second-order valence-corrected chi connectivity index (χ2v) is 3.13. The summed E-state index contributed by atoms with van der Waals surface area (Å²) >= 11 is 0. The largest absolute Gasteiger partial charge is 0.303 e. The molecule has 0 fully saturated rings. The maximum atomic E-state index is 10.4. The van der Waals surface area contributed by atoms with Gasteiger partial charge in [0.2, 0.25) is 0 Å². The van der Waals surface area contributed by atoms with Gasteiger partial charge in [-0.15, -0.1) is 0 Å². The Labute approximate surface area is 77.8 Å². The molecule has 1 rings (SSSR count). The van der Waals surface area contributed by atoms with Crippen LogP contribution in [0.1, 0.15) is 18.1 Å². The van der Waals surface area contributed by atoms with Crippen LogP contribution in [-0.4, -0.2) is 6.29 Å². The van der Waals surface area contributed by atoms with E-state index >= 15 is 0 Å². The molecule has 1 aromatic rings. The van der Waals surface area contributed by atoms with Crippen molar-refractivity contribution in [3.05, 3.63) is 35.4 Å². The Kier molecular flexibility index (Phi) is 3.22. The van der Waals surface area contributed by atoms with E-state index in [1.165, 1.54) is 0 Å². The van der Waals surface area contributed by atoms with Crippen LogP contribution < -0.4 is 0 Å². The minimum atomic E-state index is 0.0490. The summed E-state index contributed by atoms with van der Waals surface area (Å²) in [7, 11) is 0. The van der Waals surface area contributed by atoms with Crippen molar-refractivity contribution in [2.45, 2.75) is 13.3 Å². The van der Waals surface area contributed by atoms with E-state index < -0.39 is 0 Å². The quantitative estimate of drug-likeness (QED) is 0.655. The van der Waals surface area contributed by atoms with E-state index in [1.807, 2.05) is 19.1 Å². The summed E-state index contributed by atoms with van der Waals surface area (Å²) in [5.41, 5.74) is 1.75. The third-order valence-electron chi connectivity index (χ3n) is 1.87. The average molecular weight is 173 g/mol. The molecule has 0 amide bonds. The fraction of sp³-hybridized carbons (Fsp3) is 0.273. The first-order valence-electron chi connectivity index (χ1n) is 4.20. The molecule has 0 aliphatic heterocycles. The van der Waals surface area contributed by atoms with Crippen LogP contribution in [0.3, 0.4) is 0 Å². The van der Waals surface area contributed by atoms with Gasteiger partial charge in [-0.3, -0.25) is 0 Å². The first kappa shape index (κ1) is 9.47. The molecule has 1 aromatic carbocycles. The van der Waals surface area contributed by atoms with Gasteiger partial charge in [0.25, 0.3) is 0 Å². The molecule has 2 nitrogen and oxygen atoms in total. The molecule has 66 valence electrons. The molecule has 0 aliphatic rings. The van der Waals surface area contributed by atoms with Gasteiger partial charge in [0.1, 0.15) is 6.29 Å². The monoisotopic (exact) mass is 173 g/mol. The Morgan fingerprint density at radius 2 is 2.08 bits per heavy atom. The Balaban J connectivity index is 2.70. The molecule has 13 heavy (non-hydrogen) atoms. The smallest absolute Gasteiger partial charge is 0.123 e. The van der Waals surface area contributed by atoms with Crippen molar-refractivity contribution in [1.29, 1.82) is 5.26 Å². The predicted octanol–water partition coefficient (Wildman–Crippen LogP) is 1.94. The van der Waals surface area contributed by atoms with Gasteiger partial charge in [0.05, 0.1) is 11.6 Å². The Morgan fingerprint density at radius 1 is 1.46 bits per heavy atom. The van der Waals surface area contributed by atoms with Crippen molar-refractivity contribution in [2.75, 3.05) is 0 Å². The lowest BCUT2D eigenvalue weighted by Crippen LogP contribution is -2.00. The Morgan fingerprint density at radius 3 is 2.54 bits per heavy atom. The summed E-state index contributed by atoms with van der Waals surface area (Å²) in [6, 6.07) is 9.37. The fourth-order valence-corrected chi connectivity index (χ4v) is 1.14. The molecule has 1 unspecified atom stereocenters. The second-order valence-electron chi connectivity index (χ2n) is 3.13. The number of nitrogens with zero attached hydrogens (tertiary/aromatic N) is 1. The average Bonchev–Trinajstić information content (AvgIpc) is 2.19. The summed E-state index contributed by atoms with van der Waals surface area (Å²) in [6.45, 7) is 1.88. The summed E-state index contributed by atoms with van der Waals surface area (Å²) in [5, 5.41) is 8.55. The molecule has 0 saturated heterocycles. The zero-order valence-electron chi connectivity index (χ0n) is 7.53. The highest BCUT2D eigenvalue weighted by atomic mass is 16.1. The zero-order chi connectivity index (χ0) is 9.68. The molecule has 1 atom stereocenters. The van der Waals surface area contributed by atoms with Crippen LogP contribution in [0.5, 0.6) is 0 Å². The van der Waals surface area contributed by atoms with Gasteiger partial charge in [0, 0.05) is 5.92 Å². The minimum absolute atomic E-state index is 0.0490. The first-order valence-corrected chi connectivity index (χ1v) is 4.20. The van der Waals surface area contributed by atoms with Crippen LogP contribution in [0, 0.1) is 17.2 Å². The number of benzene rings is 1. The van der Waals surface area contributed by atoms with Gasteiger partial charge in [-0.25, -0.2) is 0 Å². The molecule has 0 radical (unpaired) electrons. The minimum Gasteiger partial charge on any atom is -0.303 e. The van der Waals surface area contributed by atoms with E-state index in [9.17, 15) is 4.79 Å². The Bertz CT molecular complexity index is 321. The van der Waals surface area contributed by atoms with Crippen molar-refractivity contribution >= 4 is 6.29 Å². The van der Waals surface area contributed by atoms with Gasteiger partial charge in [-0.1, -0.05) is 19.1 Å². The number of rotatable bonds is 3. The van der Waals surface area contributed by atoms with Gasteiger partial charge in [-0.2, -0.15) is 5.26 Å². The lowest BCUT2D eigenvalue weighted by Gasteiger charge is -2.02. The highest BCUT2D eigenvalue weighted by molar-refractivity contribution is 5.53. The lowest BCUT2D eigenvalue weighted by atomic mass is 10.0. The van der Waals surface area contributed by atoms with Crippen molar-refractivity contribution in [2.24, 2.45) is 5.92 Å². The number of carbonyl (C=O) groups excluding carboxylic acids is 1. The molecule has 0 aliphatic carbocycles. The zero-order valence-corrected chi connectivity index (χ0v) is 7.53. The number of nitriles is 1. The predicted molar refractivity (Wildman–Crippen MR) is 50.1 cm³/mol. The fourth-order valence-electron chi connectivity index (χ4n) is 1.14. The SMILES string of the molecule is CC(C=O)Cc1ccc(C#N)cc1. The van der Waals surface area contributed by atoms with Gasteiger partial charge >= 0.3 is 0 Å². The van der Waals surface area contributed by atoms with Crippen molar-refractivity contribution in [1.82, 2.24) is 0 Å². The van der Waals surface area contributed by atoms with Gasteiger partial charge in [0.15, 0.2) is 0 Å². The van der Waals surface area contributed by atoms with E-state index in [-0.39, 0.29) is 5.92 Å². The first-order chi connectivity index (χ1) is 6.26. The lowest BCUT2D eigenvalue weighted by molar-refractivity contribution is -0.110. The van der Waals surface area contributed by atoms with Crippen LogP contribution in [0.25, 0.3) is 0 Å². The molecular formula is C11H11NO. The highest BCUT2D eigenvalue weighted by Gasteiger charge is 2.01. The number of hydrogen-bond donors (Lipinski definition) is 0. The van der Waals surface area contributed by atoms with Crippen LogP contribution in [0.4, 0.5) is 0 Å². The van der Waals surface area contributed by atoms with Crippen LogP contribution in [0.2, 0.25) is 0 Å². The van der Waals surface area contributed by atoms with Crippen LogP contribution >= 0.6 is 0 Å². The molecule has 0 aromatic heterocycles. The van der Waals surface area contributed by atoms with Crippen molar-refractivity contribution in [3.8, 4) is 6.07 Å². The Hall–Kier alpha value is -1.62. The molecule has 0 heterocycles. The van der Waals surface area contributed by atoms with E-state index in [4.69, 9.17) is 5.26 Å². The molecule has 0 spiro atoms. The number of carbonyl (C=O) groups is 1. The van der Waals surface area contributed by atoms with Crippen molar-refractivity contribution < 1.29 is 4.79 Å². The summed E-state index contributed by atoms with van der Waals surface area (Å²) < 4.78 is 0. The topological polar surface area (TPSA) is 40.9 Å². The molecule has 0 saturated carbocycles. The van der Waals surface area contributed by atoms with Gasteiger partial charge < -0.3 is 4.79 Å². The van der Waals surface area contributed by atoms with E-state index in [0.29, 0.717) is 5.56 Å². The van der Waals surface area contributed by atoms with E-state index in [0.717, 1.165) is 18.3 Å². The summed E-state index contributed by atoms with van der Waals surface area (Å²) in [4.78, 5) is 10.4. The van der Waals surface area contributed by atoms with Gasteiger partial charge in [-0.05, 0) is 24.1 Å². The maximum Gasteiger partial charge on any atom is 0.123 e. The third kappa shape index (κ3) is 2.72. The second kappa shape index (κ2) is 4.42. The standard InChI is InChI=1S/C11H11NO/c1-9(8-13)6-10-2-4-11(7-12)5-3-10/h2-5,8-9H,6H2,1H3. The normalized spacial score (nSPS) is 11.7. The van der Waals surface area contributed by atoms with E-state index in [2.05, 4.69) is 6.07 Å². The van der Waals surface area contributed by atoms with Crippen LogP contribution in [0.15, 0.2) is 24.3 Å². The molecule has 0 bridgehead atoms. The number of aldehydes is 1. The summed E-state index contributed by atoms with van der Waals surface area (Å²) in [5.74, 6) is 0.0490. The number of hydrogen-bond acceptors (Lipinski definition) is 2. The summed E-state index contributed by atoms with van der Waals surface area (Å²) in [6.07, 6.45) is 1.69. The molecular weight excluding hydrogens is 162 g/mol. The maximum absolute atomic E-state index is 10.4. The third-order valence-corrected chi connectivity index (χ3v) is 1.87. The van der Waals surface area contributed by atoms with Crippen molar-refractivity contribution in [3.63, 3.8) is 0 Å². The molecule has 0 N–H and O–H groups in total.